The summed E-state index contributed by atoms with van der Waals surface area (Å²) in [5.41, 5.74) is 1.26. The Morgan fingerprint density at radius 3 is 2.48 bits per heavy atom. The zero-order chi connectivity index (χ0) is 15.2. The minimum atomic E-state index is -0.108. The van der Waals surface area contributed by atoms with E-state index >= 15 is 0 Å². The molecule has 0 saturated heterocycles. The van der Waals surface area contributed by atoms with Gasteiger partial charge in [-0.1, -0.05) is 32.0 Å². The number of ether oxygens (including phenoxy) is 1. The molecule has 3 nitrogen and oxygen atoms in total. The van der Waals surface area contributed by atoms with E-state index in [1.165, 1.54) is 5.56 Å². The summed E-state index contributed by atoms with van der Waals surface area (Å²) in [5.74, 6) is 1.11. The lowest BCUT2D eigenvalue weighted by molar-refractivity contribution is -0.123. The van der Waals surface area contributed by atoms with Crippen molar-refractivity contribution < 1.29 is 9.53 Å². The topological polar surface area (TPSA) is 38.3 Å². The van der Waals surface area contributed by atoms with Crippen LogP contribution in [0, 0.1) is 0 Å². The Labute approximate surface area is 130 Å². The van der Waals surface area contributed by atoms with Gasteiger partial charge in [0.15, 0.2) is 6.61 Å². The SMILES string of the molecule is CC(C)c1ccc(OCC(=O)NC(C)c2cccs2)cc1. The van der Waals surface area contributed by atoms with E-state index in [2.05, 4.69) is 19.2 Å². The molecule has 0 radical (unpaired) electrons. The molecule has 112 valence electrons. The summed E-state index contributed by atoms with van der Waals surface area (Å²) in [4.78, 5) is 13.0. The zero-order valence-corrected chi connectivity index (χ0v) is 13.4. The van der Waals surface area contributed by atoms with Crippen LogP contribution in [-0.2, 0) is 4.79 Å². The van der Waals surface area contributed by atoms with Crippen LogP contribution >= 0.6 is 11.3 Å². The smallest absolute Gasteiger partial charge is 0.258 e. The van der Waals surface area contributed by atoms with Gasteiger partial charge in [-0.25, -0.2) is 0 Å². The minimum Gasteiger partial charge on any atom is -0.484 e. The van der Waals surface area contributed by atoms with E-state index < -0.39 is 0 Å². The predicted octanol–water partition coefficient (Wildman–Crippen LogP) is 4.13. The van der Waals surface area contributed by atoms with Gasteiger partial charge in [0.2, 0.25) is 0 Å². The van der Waals surface area contributed by atoms with Gasteiger partial charge in [-0.2, -0.15) is 0 Å². The molecule has 2 aromatic rings. The van der Waals surface area contributed by atoms with E-state index in [0.717, 1.165) is 10.6 Å². The van der Waals surface area contributed by atoms with Gasteiger partial charge in [0, 0.05) is 4.88 Å². The third-order valence-electron chi connectivity index (χ3n) is 3.26. The van der Waals surface area contributed by atoms with Crippen LogP contribution in [0.5, 0.6) is 5.75 Å². The Bertz CT molecular complexity index is 561. The van der Waals surface area contributed by atoms with Crippen molar-refractivity contribution in [3.63, 3.8) is 0 Å². The normalized spacial score (nSPS) is 12.2. The fourth-order valence-electron chi connectivity index (χ4n) is 1.99. The number of nitrogens with one attached hydrogen (secondary N) is 1. The van der Waals surface area contributed by atoms with E-state index in [1.807, 2.05) is 48.7 Å². The quantitative estimate of drug-likeness (QED) is 0.871. The van der Waals surface area contributed by atoms with Crippen molar-refractivity contribution in [2.75, 3.05) is 6.61 Å². The maximum Gasteiger partial charge on any atom is 0.258 e. The molecule has 0 aliphatic heterocycles. The fourth-order valence-corrected chi connectivity index (χ4v) is 2.72. The third kappa shape index (κ3) is 4.60. The van der Waals surface area contributed by atoms with Crippen molar-refractivity contribution in [2.24, 2.45) is 0 Å². The van der Waals surface area contributed by atoms with Gasteiger partial charge < -0.3 is 10.1 Å². The van der Waals surface area contributed by atoms with Crippen LogP contribution in [-0.4, -0.2) is 12.5 Å². The number of carbonyl (C=O) groups excluding carboxylic acids is 1. The van der Waals surface area contributed by atoms with Gasteiger partial charge in [0.25, 0.3) is 5.91 Å². The maximum atomic E-state index is 11.9. The molecule has 2 rings (SSSR count). The van der Waals surface area contributed by atoms with Crippen molar-refractivity contribution in [2.45, 2.75) is 32.7 Å². The van der Waals surface area contributed by atoms with Crippen LogP contribution in [0.4, 0.5) is 0 Å². The van der Waals surface area contributed by atoms with Gasteiger partial charge in [0.1, 0.15) is 5.75 Å². The number of rotatable bonds is 6. The molecule has 1 N–H and O–H groups in total. The van der Waals surface area contributed by atoms with Gasteiger partial charge in [-0.05, 0) is 42.0 Å². The van der Waals surface area contributed by atoms with Gasteiger partial charge >= 0.3 is 0 Å². The summed E-state index contributed by atoms with van der Waals surface area (Å²) < 4.78 is 5.51. The lowest BCUT2D eigenvalue weighted by Gasteiger charge is -2.13. The number of amides is 1. The lowest BCUT2D eigenvalue weighted by atomic mass is 10.0. The largest absolute Gasteiger partial charge is 0.484 e. The van der Waals surface area contributed by atoms with Gasteiger partial charge in [0.05, 0.1) is 6.04 Å². The number of hydrogen-bond acceptors (Lipinski definition) is 3. The van der Waals surface area contributed by atoms with Gasteiger partial charge in [-0.3, -0.25) is 4.79 Å². The Kier molecular flexibility index (Phi) is 5.39. The molecule has 4 heteroatoms. The average Bonchev–Trinajstić information content (AvgIpc) is 3.00. The van der Waals surface area contributed by atoms with Crippen LogP contribution < -0.4 is 10.1 Å². The van der Waals surface area contributed by atoms with Crippen LogP contribution in [0.2, 0.25) is 0 Å². The molecule has 21 heavy (non-hydrogen) atoms. The Morgan fingerprint density at radius 2 is 1.90 bits per heavy atom. The molecular weight excluding hydrogens is 282 g/mol. The monoisotopic (exact) mass is 303 g/mol. The second-order valence-electron chi connectivity index (χ2n) is 5.32. The molecule has 0 aliphatic carbocycles. The average molecular weight is 303 g/mol. The summed E-state index contributed by atoms with van der Waals surface area (Å²) in [6.45, 7) is 6.31. The molecule has 0 saturated carbocycles. The summed E-state index contributed by atoms with van der Waals surface area (Å²) >= 11 is 1.64. The van der Waals surface area contributed by atoms with E-state index in [-0.39, 0.29) is 18.6 Å². The highest BCUT2D eigenvalue weighted by atomic mass is 32.1. The molecule has 1 aromatic carbocycles. The Morgan fingerprint density at radius 1 is 1.19 bits per heavy atom. The minimum absolute atomic E-state index is 0.0180. The number of hydrogen-bond donors (Lipinski definition) is 1. The predicted molar refractivity (Wildman–Crippen MR) is 86.9 cm³/mol. The van der Waals surface area contributed by atoms with Crippen molar-refractivity contribution in [1.29, 1.82) is 0 Å². The first-order valence-electron chi connectivity index (χ1n) is 7.12. The first-order chi connectivity index (χ1) is 10.1. The number of benzene rings is 1. The number of carbonyl (C=O) groups is 1. The number of thiophene rings is 1. The molecule has 0 aliphatic rings. The highest BCUT2D eigenvalue weighted by molar-refractivity contribution is 7.10. The zero-order valence-electron chi connectivity index (χ0n) is 12.6. The van der Waals surface area contributed by atoms with E-state index in [9.17, 15) is 4.79 Å². The molecular formula is C17H21NO2S. The lowest BCUT2D eigenvalue weighted by Crippen LogP contribution is -2.30. The summed E-state index contributed by atoms with van der Waals surface area (Å²) in [5, 5.41) is 4.93. The molecule has 0 bridgehead atoms. The van der Waals surface area contributed by atoms with Crippen molar-refractivity contribution in [3.8, 4) is 5.75 Å². The van der Waals surface area contributed by atoms with E-state index in [4.69, 9.17) is 4.74 Å². The van der Waals surface area contributed by atoms with Crippen molar-refractivity contribution in [3.05, 3.63) is 52.2 Å². The highest BCUT2D eigenvalue weighted by Gasteiger charge is 2.10. The van der Waals surface area contributed by atoms with Crippen molar-refractivity contribution in [1.82, 2.24) is 5.32 Å². The molecule has 1 aromatic heterocycles. The molecule has 0 spiro atoms. The third-order valence-corrected chi connectivity index (χ3v) is 4.32. The summed E-state index contributed by atoms with van der Waals surface area (Å²) in [6, 6.07) is 11.9. The first kappa shape index (κ1) is 15.6. The maximum absolute atomic E-state index is 11.9. The Balaban J connectivity index is 1.81. The second kappa shape index (κ2) is 7.27. The van der Waals surface area contributed by atoms with Crippen LogP contribution in [0.25, 0.3) is 0 Å². The molecule has 1 atom stereocenters. The molecule has 1 amide bonds. The second-order valence-corrected chi connectivity index (χ2v) is 6.30. The van der Waals surface area contributed by atoms with Crippen LogP contribution in [0.3, 0.4) is 0 Å². The van der Waals surface area contributed by atoms with Gasteiger partial charge in [-0.15, -0.1) is 11.3 Å². The molecule has 1 heterocycles. The van der Waals surface area contributed by atoms with E-state index in [0.29, 0.717) is 5.92 Å². The molecule has 0 fully saturated rings. The van der Waals surface area contributed by atoms with Crippen LogP contribution in [0.15, 0.2) is 41.8 Å². The summed E-state index contributed by atoms with van der Waals surface area (Å²) in [6.07, 6.45) is 0. The standard InChI is InChI=1S/C17H21NO2S/c1-12(2)14-6-8-15(9-7-14)20-11-17(19)18-13(3)16-5-4-10-21-16/h4-10,12-13H,11H2,1-3H3,(H,18,19). The molecule has 1 unspecified atom stereocenters. The van der Waals surface area contributed by atoms with Crippen molar-refractivity contribution >= 4 is 17.2 Å². The summed E-state index contributed by atoms with van der Waals surface area (Å²) in [7, 11) is 0. The Hall–Kier alpha value is -1.81. The fraction of sp³-hybridized carbons (Fsp3) is 0.353. The van der Waals surface area contributed by atoms with Crippen LogP contribution in [0.1, 0.15) is 43.2 Å². The van der Waals surface area contributed by atoms with E-state index in [1.54, 1.807) is 11.3 Å². The first-order valence-corrected chi connectivity index (χ1v) is 7.99. The highest BCUT2D eigenvalue weighted by Crippen LogP contribution is 2.19.